The molecule has 114 valence electrons. The fraction of sp³-hybridized carbons (Fsp3) is 0.0625. The third-order valence-corrected chi connectivity index (χ3v) is 3.04. The van der Waals surface area contributed by atoms with Crippen molar-refractivity contribution in [2.75, 3.05) is 0 Å². The quantitative estimate of drug-likeness (QED) is 0.587. The smallest absolute Gasteiger partial charge is 0.265 e. The first kappa shape index (κ1) is 14.6. The van der Waals surface area contributed by atoms with Gasteiger partial charge in [0.05, 0.1) is 11.9 Å². The van der Waals surface area contributed by atoms with Crippen molar-refractivity contribution in [2.24, 2.45) is 5.10 Å². The summed E-state index contributed by atoms with van der Waals surface area (Å²) in [5, 5.41) is 8.14. The fourth-order valence-electron chi connectivity index (χ4n) is 1.96. The lowest BCUT2D eigenvalue weighted by Gasteiger charge is -2.01. The van der Waals surface area contributed by atoms with E-state index in [1.165, 1.54) is 6.21 Å². The SMILES string of the molecule is Cc1cc(C(=O)N/N=C/c2ccccn2)nn1-c1ccccn1. The number of hydrazone groups is 1. The Morgan fingerprint density at radius 3 is 2.65 bits per heavy atom. The van der Waals surface area contributed by atoms with E-state index in [4.69, 9.17) is 0 Å². The van der Waals surface area contributed by atoms with Gasteiger partial charge in [-0.25, -0.2) is 15.1 Å². The summed E-state index contributed by atoms with van der Waals surface area (Å²) in [5.41, 5.74) is 4.17. The second kappa shape index (κ2) is 6.61. The summed E-state index contributed by atoms with van der Waals surface area (Å²) in [6, 6.07) is 12.6. The molecule has 3 heterocycles. The molecule has 0 aliphatic heterocycles. The van der Waals surface area contributed by atoms with Gasteiger partial charge in [0.15, 0.2) is 11.5 Å². The lowest BCUT2D eigenvalue weighted by molar-refractivity contribution is 0.0949. The van der Waals surface area contributed by atoms with Gasteiger partial charge in [-0.05, 0) is 37.3 Å². The summed E-state index contributed by atoms with van der Waals surface area (Å²) in [6.07, 6.45) is 4.80. The molecule has 3 rings (SSSR count). The second-order valence-corrected chi connectivity index (χ2v) is 4.72. The summed E-state index contributed by atoms with van der Waals surface area (Å²) in [5.74, 6) is 0.260. The Bertz CT molecular complexity index is 826. The highest BCUT2D eigenvalue weighted by Crippen LogP contribution is 2.09. The average Bonchev–Trinajstić information content (AvgIpc) is 2.98. The third kappa shape index (κ3) is 3.46. The number of carbonyl (C=O) groups is 1. The highest BCUT2D eigenvalue weighted by molar-refractivity contribution is 5.93. The zero-order valence-electron chi connectivity index (χ0n) is 12.4. The Kier molecular flexibility index (Phi) is 4.19. The standard InChI is InChI=1S/C16H14N6O/c1-12-10-14(21-22(12)15-7-3-5-9-18-15)16(23)20-19-11-13-6-2-4-8-17-13/h2-11H,1H3,(H,20,23)/b19-11+. The molecule has 0 aromatic carbocycles. The minimum Gasteiger partial charge on any atom is -0.265 e. The van der Waals surface area contributed by atoms with Crippen LogP contribution in [0.4, 0.5) is 0 Å². The summed E-state index contributed by atoms with van der Waals surface area (Å²) >= 11 is 0. The predicted octanol–water partition coefficient (Wildman–Crippen LogP) is 1.73. The molecule has 1 amide bonds. The molecule has 0 bridgehead atoms. The number of amides is 1. The van der Waals surface area contributed by atoms with E-state index < -0.39 is 5.91 Å². The van der Waals surface area contributed by atoms with Crippen LogP contribution in [-0.2, 0) is 0 Å². The zero-order chi connectivity index (χ0) is 16.1. The van der Waals surface area contributed by atoms with Crippen LogP contribution in [0.5, 0.6) is 0 Å². The molecule has 3 aromatic rings. The van der Waals surface area contributed by atoms with Crippen molar-refractivity contribution in [3.8, 4) is 5.82 Å². The minimum atomic E-state index is -0.394. The van der Waals surface area contributed by atoms with Gasteiger partial charge in [0.2, 0.25) is 0 Å². The predicted molar refractivity (Wildman–Crippen MR) is 85.4 cm³/mol. The first-order valence-electron chi connectivity index (χ1n) is 6.96. The maximum Gasteiger partial charge on any atom is 0.291 e. The Hall–Kier alpha value is -3.35. The lowest BCUT2D eigenvalue weighted by atomic mass is 10.3. The van der Waals surface area contributed by atoms with Crippen molar-refractivity contribution in [3.05, 3.63) is 71.9 Å². The first-order chi connectivity index (χ1) is 11.2. The Morgan fingerprint density at radius 1 is 1.17 bits per heavy atom. The molecule has 0 radical (unpaired) electrons. The van der Waals surface area contributed by atoms with Crippen molar-refractivity contribution >= 4 is 12.1 Å². The van der Waals surface area contributed by atoms with E-state index in [0.29, 0.717) is 11.5 Å². The van der Waals surface area contributed by atoms with Crippen LogP contribution < -0.4 is 5.43 Å². The molecule has 0 fully saturated rings. The number of aromatic nitrogens is 4. The molecule has 0 aliphatic rings. The van der Waals surface area contributed by atoms with Crippen LogP contribution in [0.15, 0.2) is 60.0 Å². The number of rotatable bonds is 4. The number of pyridine rings is 2. The van der Waals surface area contributed by atoms with E-state index in [1.54, 1.807) is 29.2 Å². The molecule has 0 atom stereocenters. The van der Waals surface area contributed by atoms with Crippen molar-refractivity contribution in [1.82, 2.24) is 25.2 Å². The second-order valence-electron chi connectivity index (χ2n) is 4.72. The van der Waals surface area contributed by atoms with E-state index in [0.717, 1.165) is 5.69 Å². The summed E-state index contributed by atoms with van der Waals surface area (Å²) in [7, 11) is 0. The van der Waals surface area contributed by atoms with Crippen LogP contribution in [0, 0.1) is 6.92 Å². The van der Waals surface area contributed by atoms with E-state index in [1.807, 2.05) is 37.3 Å². The Balaban J connectivity index is 1.72. The highest BCUT2D eigenvalue weighted by Gasteiger charge is 2.13. The van der Waals surface area contributed by atoms with Crippen molar-refractivity contribution in [2.45, 2.75) is 6.92 Å². The lowest BCUT2D eigenvalue weighted by Crippen LogP contribution is -2.18. The maximum absolute atomic E-state index is 12.1. The van der Waals surface area contributed by atoms with Gasteiger partial charge in [0.25, 0.3) is 5.91 Å². The summed E-state index contributed by atoms with van der Waals surface area (Å²) in [6.45, 7) is 1.86. The molecule has 7 heteroatoms. The molecular weight excluding hydrogens is 292 g/mol. The van der Waals surface area contributed by atoms with Gasteiger partial charge >= 0.3 is 0 Å². The first-order valence-corrected chi connectivity index (χ1v) is 6.96. The van der Waals surface area contributed by atoms with Gasteiger partial charge in [-0.15, -0.1) is 0 Å². The molecule has 23 heavy (non-hydrogen) atoms. The van der Waals surface area contributed by atoms with Gasteiger partial charge in [-0.2, -0.15) is 10.2 Å². The van der Waals surface area contributed by atoms with Crippen molar-refractivity contribution in [1.29, 1.82) is 0 Å². The van der Waals surface area contributed by atoms with Gasteiger partial charge < -0.3 is 0 Å². The number of aryl methyl sites for hydroxylation is 1. The number of nitrogens with zero attached hydrogens (tertiary/aromatic N) is 5. The monoisotopic (exact) mass is 306 g/mol. The van der Waals surface area contributed by atoms with Crippen LogP contribution in [0.2, 0.25) is 0 Å². The average molecular weight is 306 g/mol. The molecule has 1 N–H and O–H groups in total. The third-order valence-electron chi connectivity index (χ3n) is 3.04. The Morgan fingerprint density at radius 2 is 1.96 bits per heavy atom. The van der Waals surface area contributed by atoms with Crippen molar-refractivity contribution in [3.63, 3.8) is 0 Å². The molecule has 0 spiro atoms. The van der Waals surface area contributed by atoms with Crippen molar-refractivity contribution < 1.29 is 4.79 Å². The molecule has 0 aliphatic carbocycles. The summed E-state index contributed by atoms with van der Waals surface area (Å²) in [4.78, 5) is 20.4. The van der Waals surface area contributed by atoms with Gasteiger partial charge in [0, 0.05) is 18.1 Å². The largest absolute Gasteiger partial charge is 0.291 e. The van der Waals surface area contributed by atoms with Crippen LogP contribution in [0.25, 0.3) is 5.82 Å². The molecule has 0 saturated carbocycles. The zero-order valence-corrected chi connectivity index (χ0v) is 12.4. The van der Waals surface area contributed by atoms with Crippen LogP contribution in [0.1, 0.15) is 21.9 Å². The topological polar surface area (TPSA) is 85.1 Å². The molecule has 0 saturated heterocycles. The number of nitrogens with one attached hydrogen (secondary N) is 1. The molecule has 3 aromatic heterocycles. The maximum atomic E-state index is 12.1. The number of hydrogen-bond donors (Lipinski definition) is 1. The van der Waals surface area contributed by atoms with E-state index >= 15 is 0 Å². The van der Waals surface area contributed by atoms with Gasteiger partial charge in [-0.3, -0.25) is 9.78 Å². The van der Waals surface area contributed by atoms with Gasteiger partial charge in [0.1, 0.15) is 0 Å². The molecule has 7 nitrogen and oxygen atoms in total. The summed E-state index contributed by atoms with van der Waals surface area (Å²) < 4.78 is 1.61. The fourth-order valence-corrected chi connectivity index (χ4v) is 1.96. The van der Waals surface area contributed by atoms with E-state index in [-0.39, 0.29) is 5.69 Å². The molecule has 0 unspecified atom stereocenters. The van der Waals surface area contributed by atoms with E-state index in [9.17, 15) is 4.79 Å². The molecular formula is C16H14N6O. The van der Waals surface area contributed by atoms with E-state index in [2.05, 4.69) is 25.6 Å². The highest BCUT2D eigenvalue weighted by atomic mass is 16.2. The number of carbonyl (C=O) groups excluding carboxylic acids is 1. The Labute approximate surface area is 132 Å². The van der Waals surface area contributed by atoms with Crippen LogP contribution in [-0.4, -0.2) is 31.9 Å². The minimum absolute atomic E-state index is 0.270. The van der Waals surface area contributed by atoms with Crippen LogP contribution >= 0.6 is 0 Å². The number of hydrogen-bond acceptors (Lipinski definition) is 5. The van der Waals surface area contributed by atoms with Gasteiger partial charge in [-0.1, -0.05) is 12.1 Å². The normalized spacial score (nSPS) is 10.8. The van der Waals surface area contributed by atoms with Crippen LogP contribution in [0.3, 0.4) is 0 Å².